The molecule has 0 spiro atoms. The monoisotopic (exact) mass is 248 g/mol. The van der Waals surface area contributed by atoms with E-state index in [9.17, 15) is 4.79 Å². The van der Waals surface area contributed by atoms with E-state index in [1.54, 1.807) is 20.1 Å². The van der Waals surface area contributed by atoms with Gasteiger partial charge in [0.2, 0.25) is 0 Å². The van der Waals surface area contributed by atoms with E-state index >= 15 is 0 Å². The normalized spacial score (nSPS) is 11.8. The zero-order chi connectivity index (χ0) is 12.4. The van der Waals surface area contributed by atoms with Gasteiger partial charge in [0.1, 0.15) is 5.75 Å². The van der Waals surface area contributed by atoms with Crippen LogP contribution in [-0.4, -0.2) is 18.2 Å². The Hall–Kier alpha value is -1.81. The lowest BCUT2D eigenvalue weighted by Crippen LogP contribution is -1.98. The van der Waals surface area contributed by atoms with E-state index in [0.29, 0.717) is 5.57 Å². The van der Waals surface area contributed by atoms with Crippen molar-refractivity contribution in [3.05, 3.63) is 35.2 Å². The summed E-state index contributed by atoms with van der Waals surface area (Å²) in [6, 6.07) is 5.68. The van der Waals surface area contributed by atoms with Gasteiger partial charge >= 0.3 is 5.97 Å². The van der Waals surface area contributed by atoms with Gasteiger partial charge in [-0.25, -0.2) is 4.79 Å². The number of methoxy groups -OCH3 is 1. The number of fused-ring (bicyclic) bond motifs is 1. The van der Waals surface area contributed by atoms with Gasteiger partial charge < -0.3 is 9.84 Å². The summed E-state index contributed by atoms with van der Waals surface area (Å²) in [5.74, 6) is -0.173. The van der Waals surface area contributed by atoms with Crippen LogP contribution in [0.25, 0.3) is 15.7 Å². The minimum Gasteiger partial charge on any atom is -0.497 e. The number of thiophene rings is 1. The van der Waals surface area contributed by atoms with E-state index < -0.39 is 5.97 Å². The van der Waals surface area contributed by atoms with E-state index in [0.717, 1.165) is 21.4 Å². The molecule has 1 aromatic heterocycles. The first-order valence-corrected chi connectivity index (χ1v) is 6.00. The predicted molar refractivity (Wildman–Crippen MR) is 69.7 cm³/mol. The molecular weight excluding hydrogens is 236 g/mol. The minimum absolute atomic E-state index is 0.324. The Kier molecular flexibility index (Phi) is 3.15. The third-order valence-electron chi connectivity index (χ3n) is 2.59. The van der Waals surface area contributed by atoms with Crippen molar-refractivity contribution in [3.63, 3.8) is 0 Å². The number of ether oxygens (including phenoxy) is 1. The number of benzene rings is 1. The number of hydrogen-bond donors (Lipinski definition) is 1. The van der Waals surface area contributed by atoms with Gasteiger partial charge in [-0.1, -0.05) is 6.08 Å². The highest BCUT2D eigenvalue weighted by Gasteiger charge is 2.14. The number of hydrogen-bond acceptors (Lipinski definition) is 3. The predicted octanol–water partition coefficient (Wildman–Crippen LogP) is 3.40. The van der Waals surface area contributed by atoms with Crippen molar-refractivity contribution in [3.8, 4) is 5.75 Å². The first-order chi connectivity index (χ1) is 8.17. The highest BCUT2D eigenvalue weighted by Crippen LogP contribution is 2.33. The molecule has 1 aromatic carbocycles. The summed E-state index contributed by atoms with van der Waals surface area (Å²) >= 11 is 1.53. The van der Waals surface area contributed by atoms with Crippen molar-refractivity contribution in [1.29, 1.82) is 0 Å². The molecule has 0 atom stereocenters. The molecule has 3 nitrogen and oxygen atoms in total. The molecule has 0 aliphatic heterocycles. The molecule has 0 bridgehead atoms. The maximum absolute atomic E-state index is 11.1. The fraction of sp³-hybridized carbons (Fsp3) is 0.154. The van der Waals surface area contributed by atoms with Gasteiger partial charge in [-0.3, -0.25) is 0 Å². The second-order valence-electron chi connectivity index (χ2n) is 3.52. The minimum atomic E-state index is -0.907. The Balaban J connectivity index is 2.66. The molecule has 0 radical (unpaired) electrons. The molecule has 2 rings (SSSR count). The van der Waals surface area contributed by atoms with Crippen molar-refractivity contribution < 1.29 is 14.6 Å². The first kappa shape index (κ1) is 11.7. The van der Waals surface area contributed by atoms with E-state index in [2.05, 4.69) is 0 Å². The molecule has 1 N–H and O–H groups in total. The van der Waals surface area contributed by atoms with Gasteiger partial charge in [-0.2, -0.15) is 0 Å². The van der Waals surface area contributed by atoms with Crippen LogP contribution in [0.4, 0.5) is 0 Å². The quantitative estimate of drug-likeness (QED) is 0.847. The Morgan fingerprint density at radius 2 is 2.24 bits per heavy atom. The molecule has 2 aromatic rings. The highest BCUT2D eigenvalue weighted by atomic mass is 32.1. The third kappa shape index (κ3) is 2.03. The van der Waals surface area contributed by atoms with Crippen LogP contribution >= 0.6 is 11.3 Å². The van der Waals surface area contributed by atoms with Gasteiger partial charge in [0.05, 0.1) is 12.7 Å². The van der Waals surface area contributed by atoms with Crippen LogP contribution in [0, 0.1) is 0 Å². The van der Waals surface area contributed by atoms with Crippen molar-refractivity contribution in [2.24, 2.45) is 0 Å². The molecule has 88 valence electrons. The van der Waals surface area contributed by atoms with Crippen LogP contribution in [0.2, 0.25) is 0 Å². The molecule has 0 aliphatic carbocycles. The maximum Gasteiger partial charge on any atom is 0.336 e. The van der Waals surface area contributed by atoms with E-state index in [1.807, 2.05) is 23.6 Å². The Bertz CT molecular complexity index is 596. The summed E-state index contributed by atoms with van der Waals surface area (Å²) in [4.78, 5) is 11.1. The van der Waals surface area contributed by atoms with Crippen LogP contribution in [-0.2, 0) is 4.79 Å². The summed E-state index contributed by atoms with van der Waals surface area (Å²) in [5.41, 5.74) is 1.07. The molecule has 0 saturated carbocycles. The van der Waals surface area contributed by atoms with E-state index in [4.69, 9.17) is 9.84 Å². The van der Waals surface area contributed by atoms with Crippen LogP contribution in [0.3, 0.4) is 0 Å². The summed E-state index contributed by atoms with van der Waals surface area (Å²) in [6.07, 6.45) is 1.61. The molecule has 17 heavy (non-hydrogen) atoms. The van der Waals surface area contributed by atoms with Gasteiger partial charge in [0.25, 0.3) is 0 Å². The van der Waals surface area contributed by atoms with Gasteiger partial charge in [-0.15, -0.1) is 11.3 Å². The summed E-state index contributed by atoms with van der Waals surface area (Å²) in [6.45, 7) is 1.73. The van der Waals surface area contributed by atoms with E-state index in [-0.39, 0.29) is 0 Å². The first-order valence-electron chi connectivity index (χ1n) is 5.12. The second-order valence-corrected chi connectivity index (χ2v) is 4.43. The Labute approximate surface area is 103 Å². The molecule has 0 saturated heterocycles. The third-order valence-corrected chi connectivity index (χ3v) is 3.55. The SMILES string of the molecule is CC=C(C(=O)O)c1csc2ccc(OC)cc12. The van der Waals surface area contributed by atoms with Gasteiger partial charge in [-0.05, 0) is 25.1 Å². The van der Waals surface area contributed by atoms with Gasteiger partial charge in [0, 0.05) is 21.0 Å². The lowest BCUT2D eigenvalue weighted by Gasteiger charge is -2.02. The Morgan fingerprint density at radius 1 is 1.47 bits per heavy atom. The second kappa shape index (κ2) is 4.59. The summed E-state index contributed by atoms with van der Waals surface area (Å²) in [5, 5.41) is 11.9. The summed E-state index contributed by atoms with van der Waals surface area (Å²) < 4.78 is 6.22. The maximum atomic E-state index is 11.1. The van der Waals surface area contributed by atoms with Crippen molar-refractivity contribution in [2.45, 2.75) is 6.92 Å². The average Bonchev–Trinajstić information content (AvgIpc) is 2.73. The van der Waals surface area contributed by atoms with Gasteiger partial charge in [0.15, 0.2) is 0 Å². The standard InChI is InChI=1S/C13H12O3S/c1-3-9(13(14)15)11-7-17-12-5-4-8(16-2)6-10(11)12/h3-7H,1-2H3,(H,14,15). The zero-order valence-electron chi connectivity index (χ0n) is 9.56. The molecule has 0 fully saturated rings. The number of carboxylic acids is 1. The fourth-order valence-corrected chi connectivity index (χ4v) is 2.68. The molecule has 1 heterocycles. The molecule has 0 aliphatic rings. The van der Waals surface area contributed by atoms with Crippen molar-refractivity contribution >= 4 is 33.0 Å². The van der Waals surface area contributed by atoms with Crippen molar-refractivity contribution in [2.75, 3.05) is 7.11 Å². The average molecular weight is 248 g/mol. The summed E-state index contributed by atoms with van der Waals surface area (Å²) in [7, 11) is 1.60. The smallest absolute Gasteiger partial charge is 0.336 e. The fourth-order valence-electron chi connectivity index (χ4n) is 1.74. The molecule has 0 amide bonds. The number of aliphatic carboxylic acids is 1. The molecule has 4 heteroatoms. The van der Waals surface area contributed by atoms with Crippen LogP contribution in [0.1, 0.15) is 12.5 Å². The lowest BCUT2D eigenvalue weighted by atomic mass is 10.0. The number of carbonyl (C=O) groups is 1. The Morgan fingerprint density at radius 3 is 2.82 bits per heavy atom. The number of carboxylic acid groups (broad SMARTS) is 1. The molecular formula is C13H12O3S. The number of allylic oxidation sites excluding steroid dienone is 1. The lowest BCUT2D eigenvalue weighted by molar-refractivity contribution is -0.130. The topological polar surface area (TPSA) is 46.5 Å². The van der Waals surface area contributed by atoms with E-state index in [1.165, 1.54) is 11.3 Å². The van der Waals surface area contributed by atoms with Crippen LogP contribution < -0.4 is 4.74 Å². The van der Waals surface area contributed by atoms with Crippen molar-refractivity contribution in [1.82, 2.24) is 0 Å². The zero-order valence-corrected chi connectivity index (χ0v) is 10.4. The number of rotatable bonds is 3. The van der Waals surface area contributed by atoms with Crippen LogP contribution in [0.5, 0.6) is 5.75 Å². The largest absolute Gasteiger partial charge is 0.497 e. The molecule has 0 unspecified atom stereocenters. The highest BCUT2D eigenvalue weighted by molar-refractivity contribution is 7.17. The van der Waals surface area contributed by atoms with Crippen LogP contribution in [0.15, 0.2) is 29.7 Å².